The van der Waals surface area contributed by atoms with Crippen molar-refractivity contribution in [3.63, 3.8) is 0 Å². The van der Waals surface area contributed by atoms with Crippen LogP contribution in [0.3, 0.4) is 0 Å². The second-order valence-electron chi connectivity index (χ2n) is 2.25. The highest BCUT2D eigenvalue weighted by Crippen LogP contribution is 2.14. The minimum Gasteiger partial charge on any atom is -0.367 e. The Bertz CT molecular complexity index is 271. The van der Waals surface area contributed by atoms with Crippen LogP contribution in [0, 0.1) is 0 Å². The van der Waals surface area contributed by atoms with Crippen LogP contribution in [0.5, 0.6) is 0 Å². The van der Waals surface area contributed by atoms with E-state index in [4.69, 9.17) is 5.73 Å². The number of nitrogens with zero attached hydrogens (tertiary/aromatic N) is 2. The molecule has 0 amide bonds. The van der Waals surface area contributed by atoms with Crippen LogP contribution in [-0.4, -0.2) is 28.0 Å². The smallest absolute Gasteiger partial charge is 0.367 e. The fourth-order valence-electron chi connectivity index (χ4n) is 0.638. The molecular formula is C5H7F3N4O. The molecule has 0 spiro atoms. The Kier molecular flexibility index (Phi) is 2.71. The summed E-state index contributed by atoms with van der Waals surface area (Å²) in [5.41, 5.74) is 5.10. The SMILES string of the molecule is Nc1n[nH]c(COCC(F)(F)F)n1. The molecule has 1 aromatic rings. The van der Waals surface area contributed by atoms with Crippen molar-refractivity contribution in [1.82, 2.24) is 15.2 Å². The molecule has 8 heteroatoms. The number of aromatic amines is 1. The monoisotopic (exact) mass is 196 g/mol. The average molecular weight is 196 g/mol. The van der Waals surface area contributed by atoms with Gasteiger partial charge < -0.3 is 10.5 Å². The lowest BCUT2D eigenvalue weighted by Crippen LogP contribution is -2.16. The van der Waals surface area contributed by atoms with E-state index in [-0.39, 0.29) is 18.4 Å². The molecule has 0 saturated carbocycles. The van der Waals surface area contributed by atoms with Gasteiger partial charge in [0.1, 0.15) is 13.2 Å². The number of halogens is 3. The molecule has 0 saturated heterocycles. The molecule has 0 bridgehead atoms. The van der Waals surface area contributed by atoms with E-state index in [1.165, 1.54) is 0 Å². The predicted octanol–water partition coefficient (Wildman–Crippen LogP) is 0.466. The first-order chi connectivity index (χ1) is 5.97. The molecule has 0 aliphatic rings. The van der Waals surface area contributed by atoms with Gasteiger partial charge in [-0.15, -0.1) is 5.10 Å². The highest BCUT2D eigenvalue weighted by Gasteiger charge is 2.27. The Balaban J connectivity index is 2.28. The van der Waals surface area contributed by atoms with Crippen LogP contribution in [0.15, 0.2) is 0 Å². The van der Waals surface area contributed by atoms with Crippen LogP contribution < -0.4 is 5.73 Å². The van der Waals surface area contributed by atoms with Gasteiger partial charge in [-0.05, 0) is 0 Å². The normalized spacial score (nSPS) is 11.9. The number of alkyl halides is 3. The zero-order valence-electron chi connectivity index (χ0n) is 6.43. The zero-order valence-corrected chi connectivity index (χ0v) is 6.43. The molecule has 0 aliphatic carbocycles. The number of rotatable bonds is 3. The highest BCUT2D eigenvalue weighted by molar-refractivity contribution is 5.11. The molecule has 0 atom stereocenters. The third kappa shape index (κ3) is 3.74. The first-order valence-corrected chi connectivity index (χ1v) is 3.28. The Labute approximate surface area is 71.1 Å². The Morgan fingerprint density at radius 1 is 1.46 bits per heavy atom. The molecular weight excluding hydrogens is 189 g/mol. The van der Waals surface area contributed by atoms with Crippen LogP contribution >= 0.6 is 0 Å². The summed E-state index contributed by atoms with van der Waals surface area (Å²) in [5, 5.41) is 5.73. The Morgan fingerprint density at radius 2 is 2.15 bits per heavy atom. The van der Waals surface area contributed by atoms with Crippen LogP contribution in [-0.2, 0) is 11.3 Å². The summed E-state index contributed by atoms with van der Waals surface area (Å²) in [6, 6.07) is 0. The number of aromatic nitrogens is 3. The van der Waals surface area contributed by atoms with Crippen molar-refractivity contribution in [2.45, 2.75) is 12.8 Å². The third-order valence-electron chi connectivity index (χ3n) is 1.05. The van der Waals surface area contributed by atoms with Crippen molar-refractivity contribution in [2.75, 3.05) is 12.3 Å². The minimum absolute atomic E-state index is 0.0226. The summed E-state index contributed by atoms with van der Waals surface area (Å²) in [5.74, 6) is 0.146. The number of H-pyrrole nitrogens is 1. The van der Waals surface area contributed by atoms with Crippen LogP contribution in [0.2, 0.25) is 0 Å². The number of anilines is 1. The van der Waals surface area contributed by atoms with Gasteiger partial charge in [0.25, 0.3) is 0 Å². The van der Waals surface area contributed by atoms with Crippen molar-refractivity contribution < 1.29 is 17.9 Å². The van der Waals surface area contributed by atoms with Gasteiger partial charge in [0.15, 0.2) is 5.82 Å². The van der Waals surface area contributed by atoms with Crippen molar-refractivity contribution in [3.8, 4) is 0 Å². The largest absolute Gasteiger partial charge is 0.411 e. The quantitative estimate of drug-likeness (QED) is 0.736. The standard InChI is InChI=1S/C5H7F3N4O/c6-5(7,8)2-13-1-3-10-4(9)12-11-3/h1-2H2,(H3,9,10,11,12). The van der Waals surface area contributed by atoms with Crippen molar-refractivity contribution >= 4 is 5.95 Å². The molecule has 1 aromatic heterocycles. The van der Waals surface area contributed by atoms with E-state index in [2.05, 4.69) is 19.9 Å². The fraction of sp³-hybridized carbons (Fsp3) is 0.600. The first kappa shape index (κ1) is 9.78. The molecule has 1 rings (SSSR count). The number of ether oxygens (including phenoxy) is 1. The summed E-state index contributed by atoms with van der Waals surface area (Å²) < 4.78 is 39.0. The molecule has 0 aliphatic heterocycles. The van der Waals surface area contributed by atoms with E-state index in [9.17, 15) is 13.2 Å². The molecule has 0 aromatic carbocycles. The Morgan fingerprint density at radius 3 is 2.62 bits per heavy atom. The molecule has 5 nitrogen and oxygen atoms in total. The van der Waals surface area contributed by atoms with Crippen LogP contribution in [0.25, 0.3) is 0 Å². The lowest BCUT2D eigenvalue weighted by Gasteiger charge is -2.05. The summed E-state index contributed by atoms with van der Waals surface area (Å²) in [6.07, 6.45) is -4.33. The molecule has 3 N–H and O–H groups in total. The summed E-state index contributed by atoms with van der Waals surface area (Å²) >= 11 is 0. The average Bonchev–Trinajstić information content (AvgIpc) is 2.33. The molecule has 0 radical (unpaired) electrons. The van der Waals surface area contributed by atoms with Crippen molar-refractivity contribution in [3.05, 3.63) is 5.82 Å². The number of nitrogen functional groups attached to an aromatic ring is 1. The second-order valence-corrected chi connectivity index (χ2v) is 2.25. The van der Waals surface area contributed by atoms with Gasteiger partial charge in [-0.3, -0.25) is 5.10 Å². The topological polar surface area (TPSA) is 76.8 Å². The molecule has 0 unspecified atom stereocenters. The Hall–Kier alpha value is -1.31. The lowest BCUT2D eigenvalue weighted by molar-refractivity contribution is -0.177. The lowest BCUT2D eigenvalue weighted by atomic mass is 10.6. The molecule has 13 heavy (non-hydrogen) atoms. The van der Waals surface area contributed by atoms with E-state index in [1.807, 2.05) is 0 Å². The van der Waals surface area contributed by atoms with Gasteiger partial charge in [0, 0.05) is 0 Å². The number of hydrogen-bond donors (Lipinski definition) is 2. The van der Waals surface area contributed by atoms with Gasteiger partial charge >= 0.3 is 6.18 Å². The summed E-state index contributed by atoms with van der Waals surface area (Å²) in [6.45, 7) is -1.60. The van der Waals surface area contributed by atoms with E-state index in [1.54, 1.807) is 0 Å². The summed E-state index contributed by atoms with van der Waals surface area (Å²) in [7, 11) is 0. The van der Waals surface area contributed by atoms with Crippen molar-refractivity contribution in [2.24, 2.45) is 0 Å². The van der Waals surface area contributed by atoms with Crippen LogP contribution in [0.1, 0.15) is 5.82 Å². The number of hydrogen-bond acceptors (Lipinski definition) is 4. The highest BCUT2D eigenvalue weighted by atomic mass is 19.4. The van der Waals surface area contributed by atoms with E-state index < -0.39 is 12.8 Å². The van der Waals surface area contributed by atoms with Crippen molar-refractivity contribution in [1.29, 1.82) is 0 Å². The molecule has 0 fully saturated rings. The van der Waals surface area contributed by atoms with Gasteiger partial charge in [-0.1, -0.05) is 0 Å². The maximum Gasteiger partial charge on any atom is 0.411 e. The number of nitrogens with two attached hydrogens (primary N) is 1. The fourth-order valence-corrected chi connectivity index (χ4v) is 0.638. The maximum absolute atomic E-state index is 11.6. The van der Waals surface area contributed by atoms with E-state index in [0.29, 0.717) is 0 Å². The maximum atomic E-state index is 11.6. The van der Waals surface area contributed by atoms with E-state index >= 15 is 0 Å². The van der Waals surface area contributed by atoms with Gasteiger partial charge in [0.2, 0.25) is 5.95 Å². The second kappa shape index (κ2) is 3.60. The van der Waals surface area contributed by atoms with Gasteiger partial charge in [-0.2, -0.15) is 18.2 Å². The first-order valence-electron chi connectivity index (χ1n) is 3.28. The molecule has 1 heterocycles. The molecule has 74 valence electrons. The van der Waals surface area contributed by atoms with Gasteiger partial charge in [-0.25, -0.2) is 0 Å². The third-order valence-corrected chi connectivity index (χ3v) is 1.05. The van der Waals surface area contributed by atoms with E-state index in [0.717, 1.165) is 0 Å². The predicted molar refractivity (Wildman–Crippen MR) is 36.5 cm³/mol. The summed E-state index contributed by atoms with van der Waals surface area (Å²) in [4.78, 5) is 3.55. The zero-order chi connectivity index (χ0) is 9.90. The van der Waals surface area contributed by atoms with Gasteiger partial charge in [0.05, 0.1) is 0 Å². The minimum atomic E-state index is -4.33. The number of nitrogens with one attached hydrogen (secondary N) is 1. The van der Waals surface area contributed by atoms with Crippen LogP contribution in [0.4, 0.5) is 19.1 Å².